The first-order chi connectivity index (χ1) is 18.3. The van der Waals surface area contributed by atoms with Crippen LogP contribution >= 0.6 is 0 Å². The summed E-state index contributed by atoms with van der Waals surface area (Å²) in [6, 6.07) is -0.435. The van der Waals surface area contributed by atoms with E-state index in [1.54, 1.807) is 0 Å². The number of rotatable bonds is 15. The van der Waals surface area contributed by atoms with Gasteiger partial charge < -0.3 is 47.7 Å². The lowest BCUT2D eigenvalue weighted by Crippen LogP contribution is -2.58. The van der Waals surface area contributed by atoms with Crippen LogP contribution in [0.15, 0.2) is 36.8 Å². The lowest BCUT2D eigenvalue weighted by molar-refractivity contribution is -0.143. The average molecular weight is 548 g/mol. The monoisotopic (exact) mass is 547 g/mol. The Bertz CT molecular complexity index is 1190. The van der Waals surface area contributed by atoms with Gasteiger partial charge in [-0.05, 0) is 17.7 Å². The van der Waals surface area contributed by atoms with Crippen molar-refractivity contribution in [3.8, 4) is 5.75 Å². The molecule has 16 nitrogen and oxygen atoms in total. The SMILES string of the molecule is NC(=O)CC(N)C(=O)NC(Cc1ccc(O)cc1)C(=O)NC(CC(=O)O)C(=O)NC(Cc1cnc[nH]1)C(=O)O. The molecular formula is C23H29N7O9. The molecule has 0 aliphatic carbocycles. The van der Waals surface area contributed by atoms with E-state index in [0.717, 1.165) is 0 Å². The number of H-pyrrole nitrogens is 1. The molecule has 0 fully saturated rings. The highest BCUT2D eigenvalue weighted by Gasteiger charge is 2.32. The van der Waals surface area contributed by atoms with Gasteiger partial charge in [-0.25, -0.2) is 9.78 Å². The van der Waals surface area contributed by atoms with Gasteiger partial charge in [-0.15, -0.1) is 0 Å². The van der Waals surface area contributed by atoms with E-state index >= 15 is 0 Å². The van der Waals surface area contributed by atoms with Gasteiger partial charge in [-0.1, -0.05) is 12.1 Å². The summed E-state index contributed by atoms with van der Waals surface area (Å²) in [6.45, 7) is 0. The summed E-state index contributed by atoms with van der Waals surface area (Å²) < 4.78 is 0. The van der Waals surface area contributed by atoms with Crippen molar-refractivity contribution >= 4 is 35.6 Å². The summed E-state index contributed by atoms with van der Waals surface area (Å²) in [5.74, 6) is -6.83. The zero-order valence-corrected chi connectivity index (χ0v) is 20.5. The van der Waals surface area contributed by atoms with Crippen molar-refractivity contribution in [2.45, 2.75) is 49.9 Å². The second-order valence-corrected chi connectivity index (χ2v) is 8.55. The summed E-state index contributed by atoms with van der Waals surface area (Å²) in [7, 11) is 0. The Hall–Kier alpha value is -4.99. The van der Waals surface area contributed by atoms with Crippen molar-refractivity contribution in [1.82, 2.24) is 25.9 Å². The molecule has 4 amide bonds. The number of hydrogen-bond donors (Lipinski definition) is 9. The van der Waals surface area contributed by atoms with Crippen molar-refractivity contribution < 1.29 is 44.1 Å². The summed E-state index contributed by atoms with van der Waals surface area (Å²) in [4.78, 5) is 79.2. The Morgan fingerprint density at radius 3 is 1.97 bits per heavy atom. The number of aromatic hydroxyl groups is 1. The summed E-state index contributed by atoms with van der Waals surface area (Å²) in [5.41, 5.74) is 11.6. The molecule has 0 aliphatic rings. The molecule has 16 heteroatoms. The van der Waals surface area contributed by atoms with Gasteiger partial charge in [-0.2, -0.15) is 0 Å². The van der Waals surface area contributed by atoms with E-state index in [0.29, 0.717) is 11.3 Å². The number of aromatic amines is 1. The van der Waals surface area contributed by atoms with Crippen molar-refractivity contribution in [3.05, 3.63) is 48.0 Å². The van der Waals surface area contributed by atoms with Gasteiger partial charge >= 0.3 is 11.9 Å². The number of hydrogen-bond acceptors (Lipinski definition) is 9. The fourth-order valence-corrected chi connectivity index (χ4v) is 3.41. The number of amides is 4. The number of carbonyl (C=O) groups excluding carboxylic acids is 4. The first kappa shape index (κ1) is 30.2. The van der Waals surface area contributed by atoms with Crippen LogP contribution < -0.4 is 27.4 Å². The third-order valence-corrected chi connectivity index (χ3v) is 5.37. The Morgan fingerprint density at radius 1 is 0.846 bits per heavy atom. The van der Waals surface area contributed by atoms with Crippen LogP contribution in [0, 0.1) is 0 Å². The van der Waals surface area contributed by atoms with Crippen LogP contribution in [0.25, 0.3) is 0 Å². The third-order valence-electron chi connectivity index (χ3n) is 5.37. The van der Waals surface area contributed by atoms with Crippen molar-refractivity contribution in [2.24, 2.45) is 11.5 Å². The Labute approximate surface area is 221 Å². The minimum Gasteiger partial charge on any atom is -0.508 e. The normalized spacial score (nSPS) is 13.8. The highest BCUT2D eigenvalue weighted by atomic mass is 16.4. The zero-order valence-electron chi connectivity index (χ0n) is 20.5. The number of aliphatic carboxylic acids is 2. The second-order valence-electron chi connectivity index (χ2n) is 8.55. The molecule has 2 rings (SSSR count). The molecule has 0 spiro atoms. The number of imidazole rings is 1. The average Bonchev–Trinajstić information content (AvgIpc) is 3.36. The molecule has 0 bridgehead atoms. The number of aromatic nitrogens is 2. The lowest BCUT2D eigenvalue weighted by atomic mass is 10.0. The fourth-order valence-electron chi connectivity index (χ4n) is 3.41. The van der Waals surface area contributed by atoms with Gasteiger partial charge in [0.1, 0.15) is 23.9 Å². The van der Waals surface area contributed by atoms with Crippen LogP contribution in [0.1, 0.15) is 24.1 Å². The molecule has 1 heterocycles. The molecule has 1 aromatic heterocycles. The number of nitrogens with one attached hydrogen (secondary N) is 4. The maximum atomic E-state index is 13.2. The van der Waals surface area contributed by atoms with E-state index in [2.05, 4.69) is 25.9 Å². The Morgan fingerprint density at radius 2 is 1.44 bits per heavy atom. The number of carbonyl (C=O) groups is 6. The van der Waals surface area contributed by atoms with Crippen LogP contribution in [0.3, 0.4) is 0 Å². The molecule has 11 N–H and O–H groups in total. The molecule has 0 aliphatic heterocycles. The highest BCUT2D eigenvalue weighted by Crippen LogP contribution is 2.12. The van der Waals surface area contributed by atoms with E-state index in [-0.39, 0.29) is 18.6 Å². The molecular weight excluding hydrogens is 518 g/mol. The maximum absolute atomic E-state index is 13.2. The summed E-state index contributed by atoms with van der Waals surface area (Å²) in [6.07, 6.45) is 0.844. The second kappa shape index (κ2) is 14.1. The number of carboxylic acids is 2. The Balaban J connectivity index is 2.23. The first-order valence-corrected chi connectivity index (χ1v) is 11.5. The molecule has 0 saturated heterocycles. The topological polar surface area (TPSA) is 280 Å². The number of carboxylic acid groups (broad SMARTS) is 2. The van der Waals surface area contributed by atoms with Crippen molar-refractivity contribution in [1.29, 1.82) is 0 Å². The van der Waals surface area contributed by atoms with Crippen molar-refractivity contribution in [3.63, 3.8) is 0 Å². The van der Waals surface area contributed by atoms with Gasteiger partial charge in [-0.3, -0.25) is 24.0 Å². The zero-order chi connectivity index (χ0) is 29.1. The molecule has 4 unspecified atom stereocenters. The number of primary amides is 1. The van der Waals surface area contributed by atoms with Gasteiger partial charge in [0, 0.05) is 24.7 Å². The van der Waals surface area contributed by atoms with Crippen LogP contribution in [0.4, 0.5) is 0 Å². The van der Waals surface area contributed by atoms with Gasteiger partial charge in [0.2, 0.25) is 23.6 Å². The van der Waals surface area contributed by atoms with Gasteiger partial charge in [0.15, 0.2) is 0 Å². The molecule has 210 valence electrons. The first-order valence-electron chi connectivity index (χ1n) is 11.5. The van der Waals surface area contributed by atoms with Gasteiger partial charge in [0.05, 0.1) is 25.2 Å². The number of nitrogens with two attached hydrogens (primary N) is 2. The minimum absolute atomic E-state index is 0.0615. The quantitative estimate of drug-likeness (QED) is 0.109. The standard InChI is InChI=1S/C23H29N7O9/c24-14(7-18(25)32)20(35)28-15(5-11-1-3-13(31)4-2-11)21(36)29-16(8-19(33)34)22(37)30-17(23(38)39)6-12-9-26-10-27-12/h1-4,9-10,14-17,31H,5-8,24H2,(H2,25,32)(H,26,27)(H,28,35)(H,29,36)(H,30,37)(H,33,34)(H,38,39). The van der Waals surface area contributed by atoms with Crippen LogP contribution in [-0.2, 0) is 41.6 Å². The molecule has 2 aromatic rings. The molecule has 0 radical (unpaired) electrons. The number of phenols is 1. The predicted molar refractivity (Wildman–Crippen MR) is 132 cm³/mol. The smallest absolute Gasteiger partial charge is 0.326 e. The van der Waals surface area contributed by atoms with Gasteiger partial charge in [0.25, 0.3) is 0 Å². The van der Waals surface area contributed by atoms with E-state index in [9.17, 15) is 44.1 Å². The van der Waals surface area contributed by atoms with Crippen molar-refractivity contribution in [2.75, 3.05) is 0 Å². The van der Waals surface area contributed by atoms with E-state index in [4.69, 9.17) is 11.5 Å². The minimum atomic E-state index is -1.72. The summed E-state index contributed by atoms with van der Waals surface area (Å²) >= 11 is 0. The number of nitrogens with zero attached hydrogens (tertiary/aromatic N) is 1. The highest BCUT2D eigenvalue weighted by molar-refractivity contribution is 5.96. The van der Waals surface area contributed by atoms with Crippen LogP contribution in [0.2, 0.25) is 0 Å². The van der Waals surface area contributed by atoms with Crippen LogP contribution in [0.5, 0.6) is 5.75 Å². The fraction of sp³-hybridized carbons (Fsp3) is 0.348. The predicted octanol–water partition coefficient (Wildman–Crippen LogP) is -2.88. The third kappa shape index (κ3) is 10.1. The Kier molecular flexibility index (Phi) is 10.9. The van der Waals surface area contributed by atoms with E-state index in [1.807, 2.05) is 0 Å². The van der Waals surface area contributed by atoms with E-state index in [1.165, 1.54) is 36.8 Å². The lowest BCUT2D eigenvalue weighted by Gasteiger charge is -2.24. The molecule has 4 atom stereocenters. The molecule has 0 saturated carbocycles. The largest absolute Gasteiger partial charge is 0.508 e. The maximum Gasteiger partial charge on any atom is 0.326 e. The number of phenolic OH excluding ortho intramolecular Hbond substituents is 1. The summed E-state index contributed by atoms with van der Waals surface area (Å²) in [5, 5.41) is 35.0. The molecule has 39 heavy (non-hydrogen) atoms. The van der Waals surface area contributed by atoms with Crippen LogP contribution in [-0.4, -0.2) is 85.0 Å². The molecule has 1 aromatic carbocycles. The number of benzene rings is 1. The van der Waals surface area contributed by atoms with E-state index < -0.39 is 72.6 Å².